The minimum Gasteiger partial charge on any atom is -0.494 e. The third-order valence-electron chi connectivity index (χ3n) is 2.66. The normalized spacial score (nSPS) is 10.2. The number of aromatic nitrogens is 1. The fraction of sp³-hybridized carbons (Fsp3) is 0.267. The Balaban J connectivity index is 2.06. The SMILES string of the molecule is CCOc1cc(N)cc(NCc2cccc(C)n2)c1. The van der Waals surface area contributed by atoms with E-state index >= 15 is 0 Å². The molecule has 0 aliphatic heterocycles. The van der Waals surface area contributed by atoms with Gasteiger partial charge in [-0.1, -0.05) is 6.07 Å². The summed E-state index contributed by atoms with van der Waals surface area (Å²) in [6, 6.07) is 11.6. The molecule has 0 aliphatic carbocycles. The summed E-state index contributed by atoms with van der Waals surface area (Å²) in [7, 11) is 0. The van der Waals surface area contributed by atoms with Gasteiger partial charge in [0.25, 0.3) is 0 Å². The topological polar surface area (TPSA) is 60.2 Å². The van der Waals surface area contributed by atoms with Gasteiger partial charge in [0.1, 0.15) is 5.75 Å². The Morgan fingerprint density at radius 2 is 2.11 bits per heavy atom. The highest BCUT2D eigenvalue weighted by Crippen LogP contribution is 2.22. The number of hydrogen-bond acceptors (Lipinski definition) is 4. The molecule has 1 heterocycles. The van der Waals surface area contributed by atoms with E-state index in [1.807, 2.05) is 50.2 Å². The Labute approximate surface area is 113 Å². The van der Waals surface area contributed by atoms with Crippen LogP contribution in [0.5, 0.6) is 5.75 Å². The zero-order valence-electron chi connectivity index (χ0n) is 11.3. The number of nitrogens with zero attached hydrogens (tertiary/aromatic N) is 1. The number of rotatable bonds is 5. The van der Waals surface area contributed by atoms with Crippen molar-refractivity contribution in [2.24, 2.45) is 0 Å². The highest BCUT2D eigenvalue weighted by molar-refractivity contribution is 5.59. The van der Waals surface area contributed by atoms with Crippen molar-refractivity contribution < 1.29 is 4.74 Å². The molecule has 100 valence electrons. The molecule has 2 rings (SSSR count). The summed E-state index contributed by atoms with van der Waals surface area (Å²) in [5, 5.41) is 3.31. The molecule has 0 radical (unpaired) electrons. The van der Waals surface area contributed by atoms with E-state index in [0.29, 0.717) is 18.8 Å². The molecular formula is C15H19N3O. The molecule has 0 spiro atoms. The van der Waals surface area contributed by atoms with E-state index in [1.54, 1.807) is 0 Å². The third kappa shape index (κ3) is 3.88. The molecule has 0 saturated heterocycles. The van der Waals surface area contributed by atoms with Crippen molar-refractivity contribution in [3.8, 4) is 5.75 Å². The minimum absolute atomic E-state index is 0.627. The lowest BCUT2D eigenvalue weighted by Gasteiger charge is -2.10. The molecule has 4 nitrogen and oxygen atoms in total. The molecule has 0 saturated carbocycles. The fourth-order valence-corrected chi connectivity index (χ4v) is 1.86. The van der Waals surface area contributed by atoms with Crippen molar-refractivity contribution in [2.45, 2.75) is 20.4 Å². The third-order valence-corrected chi connectivity index (χ3v) is 2.66. The van der Waals surface area contributed by atoms with Crippen molar-refractivity contribution >= 4 is 11.4 Å². The van der Waals surface area contributed by atoms with Crippen molar-refractivity contribution in [3.63, 3.8) is 0 Å². The number of pyridine rings is 1. The second-order valence-corrected chi connectivity index (χ2v) is 4.35. The Kier molecular flexibility index (Phi) is 4.23. The van der Waals surface area contributed by atoms with Gasteiger partial charge in [-0.3, -0.25) is 4.98 Å². The molecular weight excluding hydrogens is 238 g/mol. The van der Waals surface area contributed by atoms with Crippen molar-refractivity contribution in [1.29, 1.82) is 0 Å². The highest BCUT2D eigenvalue weighted by Gasteiger charge is 2.01. The minimum atomic E-state index is 0.627. The van der Waals surface area contributed by atoms with Crippen molar-refractivity contribution in [2.75, 3.05) is 17.7 Å². The molecule has 0 amide bonds. The molecule has 1 aromatic heterocycles. The number of nitrogens with one attached hydrogen (secondary N) is 1. The smallest absolute Gasteiger partial charge is 0.123 e. The van der Waals surface area contributed by atoms with Gasteiger partial charge in [0.2, 0.25) is 0 Å². The number of hydrogen-bond donors (Lipinski definition) is 2. The number of nitrogens with two attached hydrogens (primary N) is 1. The second kappa shape index (κ2) is 6.09. The van der Waals surface area contributed by atoms with Crippen LogP contribution in [0.2, 0.25) is 0 Å². The first-order valence-corrected chi connectivity index (χ1v) is 6.37. The van der Waals surface area contributed by atoms with E-state index in [0.717, 1.165) is 22.8 Å². The summed E-state index contributed by atoms with van der Waals surface area (Å²) in [5.41, 5.74) is 9.49. The fourth-order valence-electron chi connectivity index (χ4n) is 1.86. The zero-order chi connectivity index (χ0) is 13.7. The van der Waals surface area contributed by atoms with Crippen LogP contribution in [0, 0.1) is 6.92 Å². The number of nitrogen functional groups attached to an aromatic ring is 1. The van der Waals surface area contributed by atoms with Crippen LogP contribution in [0.25, 0.3) is 0 Å². The lowest BCUT2D eigenvalue weighted by molar-refractivity contribution is 0.340. The van der Waals surface area contributed by atoms with Crippen LogP contribution in [-0.4, -0.2) is 11.6 Å². The van der Waals surface area contributed by atoms with Crippen LogP contribution in [0.1, 0.15) is 18.3 Å². The lowest BCUT2D eigenvalue weighted by atomic mass is 10.2. The second-order valence-electron chi connectivity index (χ2n) is 4.35. The number of anilines is 2. The maximum Gasteiger partial charge on any atom is 0.123 e. The molecule has 0 bridgehead atoms. The van der Waals surface area contributed by atoms with E-state index in [9.17, 15) is 0 Å². The van der Waals surface area contributed by atoms with Crippen LogP contribution in [0.15, 0.2) is 36.4 Å². The molecule has 0 unspecified atom stereocenters. The van der Waals surface area contributed by atoms with E-state index in [2.05, 4.69) is 10.3 Å². The molecule has 4 heteroatoms. The van der Waals surface area contributed by atoms with Crippen molar-refractivity contribution in [1.82, 2.24) is 4.98 Å². The van der Waals surface area contributed by atoms with Crippen LogP contribution in [0.3, 0.4) is 0 Å². The van der Waals surface area contributed by atoms with Gasteiger partial charge in [-0.2, -0.15) is 0 Å². The summed E-state index contributed by atoms with van der Waals surface area (Å²) < 4.78 is 5.46. The van der Waals surface area contributed by atoms with Crippen LogP contribution in [-0.2, 0) is 6.54 Å². The van der Waals surface area contributed by atoms with E-state index in [1.165, 1.54) is 0 Å². The Hall–Kier alpha value is -2.23. The summed E-state index contributed by atoms with van der Waals surface area (Å²) >= 11 is 0. The molecule has 0 fully saturated rings. The van der Waals surface area contributed by atoms with Crippen LogP contribution in [0.4, 0.5) is 11.4 Å². The quantitative estimate of drug-likeness (QED) is 0.808. The van der Waals surface area contributed by atoms with Crippen LogP contribution < -0.4 is 15.8 Å². The van der Waals surface area contributed by atoms with E-state index < -0.39 is 0 Å². The average Bonchev–Trinajstić information content (AvgIpc) is 2.36. The predicted molar refractivity (Wildman–Crippen MR) is 78.3 cm³/mol. The summed E-state index contributed by atoms with van der Waals surface area (Å²) in [6.07, 6.45) is 0. The van der Waals surface area contributed by atoms with Gasteiger partial charge in [-0.05, 0) is 32.0 Å². The monoisotopic (exact) mass is 257 g/mol. The molecule has 1 aromatic carbocycles. The van der Waals surface area contributed by atoms with Gasteiger partial charge in [0, 0.05) is 29.2 Å². The van der Waals surface area contributed by atoms with E-state index in [-0.39, 0.29) is 0 Å². The lowest BCUT2D eigenvalue weighted by Crippen LogP contribution is -2.03. The zero-order valence-corrected chi connectivity index (χ0v) is 11.3. The number of benzene rings is 1. The Bertz CT molecular complexity index is 555. The first kappa shape index (κ1) is 13.2. The molecule has 3 N–H and O–H groups in total. The first-order valence-electron chi connectivity index (χ1n) is 6.37. The van der Waals surface area contributed by atoms with Crippen LogP contribution >= 0.6 is 0 Å². The Morgan fingerprint density at radius 1 is 1.26 bits per heavy atom. The largest absolute Gasteiger partial charge is 0.494 e. The number of aryl methyl sites for hydroxylation is 1. The summed E-state index contributed by atoms with van der Waals surface area (Å²) in [6.45, 7) is 5.23. The van der Waals surface area contributed by atoms with Gasteiger partial charge in [-0.25, -0.2) is 0 Å². The summed E-state index contributed by atoms with van der Waals surface area (Å²) in [5.74, 6) is 0.780. The summed E-state index contributed by atoms with van der Waals surface area (Å²) in [4.78, 5) is 4.44. The van der Waals surface area contributed by atoms with Gasteiger partial charge in [0.05, 0.1) is 18.8 Å². The van der Waals surface area contributed by atoms with Gasteiger partial charge in [0.15, 0.2) is 0 Å². The standard InChI is InChI=1S/C15H19N3O/c1-3-19-15-8-12(16)7-14(9-15)17-10-13-6-4-5-11(2)18-13/h4-9,17H,3,10,16H2,1-2H3. The molecule has 0 atom stereocenters. The first-order chi connectivity index (χ1) is 9.17. The Morgan fingerprint density at radius 3 is 2.84 bits per heavy atom. The van der Waals surface area contributed by atoms with Gasteiger partial charge >= 0.3 is 0 Å². The number of ether oxygens (including phenoxy) is 1. The van der Waals surface area contributed by atoms with Crippen molar-refractivity contribution in [3.05, 3.63) is 47.8 Å². The molecule has 2 aromatic rings. The maximum atomic E-state index is 5.85. The van der Waals surface area contributed by atoms with E-state index in [4.69, 9.17) is 10.5 Å². The molecule has 19 heavy (non-hydrogen) atoms. The predicted octanol–water partition coefficient (Wildman–Crippen LogP) is 2.98. The van der Waals surface area contributed by atoms with Gasteiger partial charge in [-0.15, -0.1) is 0 Å². The molecule has 0 aliphatic rings. The average molecular weight is 257 g/mol. The highest BCUT2D eigenvalue weighted by atomic mass is 16.5. The van der Waals surface area contributed by atoms with Gasteiger partial charge < -0.3 is 15.8 Å². The maximum absolute atomic E-state index is 5.85.